The number of nitrogens with zero attached hydrogens (tertiary/aromatic N) is 1. The number of amides is 1. The second-order valence-corrected chi connectivity index (χ2v) is 4.69. The number of carbonyl (C=O) groups is 2. The van der Waals surface area contributed by atoms with E-state index in [1.54, 1.807) is 31.2 Å². The maximum Gasteiger partial charge on any atom is 0.326 e. The van der Waals surface area contributed by atoms with E-state index in [0.717, 1.165) is 0 Å². The van der Waals surface area contributed by atoms with Gasteiger partial charge in [-0.15, -0.1) is 0 Å². The van der Waals surface area contributed by atoms with Crippen LogP contribution in [0.15, 0.2) is 30.3 Å². The molecule has 0 radical (unpaired) electrons. The number of carbonyl (C=O) groups excluding carboxylic acids is 1. The van der Waals surface area contributed by atoms with E-state index in [9.17, 15) is 9.59 Å². The highest BCUT2D eigenvalue weighted by molar-refractivity contribution is 5.87. The first-order chi connectivity index (χ1) is 9.99. The molecular formula is C15H18N2O4. The number of nitrogens with one attached hydrogen (secondary N) is 1. The predicted octanol–water partition coefficient (Wildman–Crippen LogP) is 1.49. The molecule has 1 rings (SSSR count). The number of rotatable bonds is 7. The van der Waals surface area contributed by atoms with Crippen molar-refractivity contribution in [3.05, 3.63) is 35.9 Å². The quantitative estimate of drug-likeness (QED) is 0.792. The van der Waals surface area contributed by atoms with Crippen molar-refractivity contribution in [3.63, 3.8) is 0 Å². The fourth-order valence-electron chi connectivity index (χ4n) is 1.90. The third kappa shape index (κ3) is 4.89. The van der Waals surface area contributed by atoms with E-state index in [1.807, 2.05) is 12.1 Å². The van der Waals surface area contributed by atoms with Gasteiger partial charge in [0.05, 0.1) is 6.07 Å². The zero-order chi connectivity index (χ0) is 15.8. The number of hydrogen-bond donors (Lipinski definition) is 2. The minimum absolute atomic E-state index is 0.0444. The lowest BCUT2D eigenvalue weighted by molar-refractivity contribution is -0.144. The van der Waals surface area contributed by atoms with Crippen molar-refractivity contribution < 1.29 is 19.4 Å². The summed E-state index contributed by atoms with van der Waals surface area (Å²) in [6.45, 7) is 1.60. The lowest BCUT2D eigenvalue weighted by Gasteiger charge is -2.20. The van der Waals surface area contributed by atoms with Crippen molar-refractivity contribution in [1.29, 1.82) is 5.26 Å². The number of carboxylic acids is 1. The van der Waals surface area contributed by atoms with Crippen molar-refractivity contribution in [3.8, 4) is 6.07 Å². The number of carboxylic acid groups (broad SMARTS) is 1. The van der Waals surface area contributed by atoms with Crippen LogP contribution in [0.1, 0.15) is 25.0 Å². The first-order valence-electron chi connectivity index (χ1n) is 6.50. The van der Waals surface area contributed by atoms with Crippen LogP contribution in [-0.4, -0.2) is 30.1 Å². The lowest BCUT2D eigenvalue weighted by Crippen LogP contribution is -2.44. The van der Waals surface area contributed by atoms with Crippen molar-refractivity contribution in [2.45, 2.75) is 25.5 Å². The second-order valence-electron chi connectivity index (χ2n) is 4.69. The lowest BCUT2D eigenvalue weighted by atomic mass is 10.0. The van der Waals surface area contributed by atoms with Crippen molar-refractivity contribution in [1.82, 2.24) is 5.32 Å². The Morgan fingerprint density at radius 3 is 2.48 bits per heavy atom. The van der Waals surface area contributed by atoms with Gasteiger partial charge in [0, 0.05) is 13.0 Å². The van der Waals surface area contributed by atoms with Gasteiger partial charge in [0.25, 0.3) is 5.91 Å². The third-order valence-corrected chi connectivity index (χ3v) is 3.00. The molecule has 2 N–H and O–H groups in total. The van der Waals surface area contributed by atoms with Crippen LogP contribution in [0.25, 0.3) is 0 Å². The van der Waals surface area contributed by atoms with Crippen LogP contribution in [0.4, 0.5) is 0 Å². The van der Waals surface area contributed by atoms with Gasteiger partial charge in [-0.2, -0.15) is 5.26 Å². The summed E-state index contributed by atoms with van der Waals surface area (Å²) in [4.78, 5) is 23.3. The van der Waals surface area contributed by atoms with Gasteiger partial charge in [0.15, 0.2) is 6.10 Å². The third-order valence-electron chi connectivity index (χ3n) is 3.00. The van der Waals surface area contributed by atoms with E-state index >= 15 is 0 Å². The number of hydrogen-bond acceptors (Lipinski definition) is 4. The van der Waals surface area contributed by atoms with Crippen LogP contribution in [0.5, 0.6) is 0 Å². The zero-order valence-corrected chi connectivity index (χ0v) is 11.9. The van der Waals surface area contributed by atoms with Crippen LogP contribution in [0.2, 0.25) is 0 Å². The number of ether oxygens (including phenoxy) is 1. The Morgan fingerprint density at radius 2 is 2.00 bits per heavy atom. The van der Waals surface area contributed by atoms with Gasteiger partial charge >= 0.3 is 5.97 Å². The van der Waals surface area contributed by atoms with Gasteiger partial charge in [-0.3, -0.25) is 4.79 Å². The highest BCUT2D eigenvalue weighted by atomic mass is 16.5. The fraction of sp³-hybridized carbons (Fsp3) is 0.400. The first-order valence-corrected chi connectivity index (χ1v) is 6.50. The molecule has 21 heavy (non-hydrogen) atoms. The van der Waals surface area contributed by atoms with E-state index in [1.165, 1.54) is 7.11 Å². The van der Waals surface area contributed by atoms with Crippen molar-refractivity contribution in [2.24, 2.45) is 5.92 Å². The molecule has 0 heterocycles. The molecule has 0 saturated heterocycles. The molecule has 0 aromatic heterocycles. The van der Waals surface area contributed by atoms with E-state index in [2.05, 4.69) is 5.32 Å². The van der Waals surface area contributed by atoms with Crippen LogP contribution >= 0.6 is 0 Å². The average molecular weight is 290 g/mol. The molecule has 0 aliphatic heterocycles. The molecule has 0 unspecified atom stereocenters. The van der Waals surface area contributed by atoms with Crippen LogP contribution < -0.4 is 5.32 Å². The van der Waals surface area contributed by atoms with Crippen LogP contribution in [0, 0.1) is 17.2 Å². The molecule has 1 amide bonds. The van der Waals surface area contributed by atoms with Gasteiger partial charge in [-0.25, -0.2) is 4.79 Å². The molecular weight excluding hydrogens is 272 g/mol. The summed E-state index contributed by atoms with van der Waals surface area (Å²) in [6.07, 6.45) is -0.839. The Kier molecular flexibility index (Phi) is 6.37. The molecule has 6 heteroatoms. The van der Waals surface area contributed by atoms with Crippen molar-refractivity contribution >= 4 is 11.9 Å². The molecule has 0 saturated carbocycles. The molecule has 1 aromatic rings. The SMILES string of the molecule is CO[C@@H](C(=O)N[C@@H](C[C@H](C)C#N)C(=O)O)c1ccccc1. The molecule has 6 nitrogen and oxygen atoms in total. The Hall–Kier alpha value is -2.39. The summed E-state index contributed by atoms with van der Waals surface area (Å²) < 4.78 is 5.14. The van der Waals surface area contributed by atoms with Crippen LogP contribution in [0.3, 0.4) is 0 Å². The van der Waals surface area contributed by atoms with Gasteiger partial charge in [-0.1, -0.05) is 30.3 Å². The van der Waals surface area contributed by atoms with Crippen LogP contribution in [-0.2, 0) is 14.3 Å². The zero-order valence-electron chi connectivity index (χ0n) is 11.9. The van der Waals surface area contributed by atoms with Gasteiger partial charge in [0.1, 0.15) is 6.04 Å². The smallest absolute Gasteiger partial charge is 0.326 e. The van der Waals surface area contributed by atoms with Gasteiger partial charge < -0.3 is 15.2 Å². The summed E-state index contributed by atoms with van der Waals surface area (Å²) in [5.41, 5.74) is 0.634. The summed E-state index contributed by atoms with van der Waals surface area (Å²) in [5.74, 6) is -2.18. The molecule has 1 aromatic carbocycles. The Balaban J connectivity index is 2.80. The van der Waals surface area contributed by atoms with E-state index in [4.69, 9.17) is 15.1 Å². The minimum Gasteiger partial charge on any atom is -0.480 e. The first kappa shape index (κ1) is 16.7. The summed E-state index contributed by atoms with van der Waals surface area (Å²) in [5, 5.41) is 20.3. The topological polar surface area (TPSA) is 99.4 Å². The largest absolute Gasteiger partial charge is 0.480 e. The average Bonchev–Trinajstić information content (AvgIpc) is 2.48. The standard InChI is InChI=1S/C15H18N2O4/c1-10(9-16)8-12(15(19)20)17-14(18)13(21-2)11-6-4-3-5-7-11/h3-7,10,12-13H,8H2,1-2H3,(H,17,18)(H,19,20)/t10-,12-,13+/m0/s1. The molecule has 0 spiro atoms. The molecule has 3 atom stereocenters. The normalized spacial score (nSPS) is 14.5. The Labute approximate surface area is 123 Å². The maximum absolute atomic E-state index is 12.2. The number of nitriles is 1. The molecule has 0 bridgehead atoms. The summed E-state index contributed by atoms with van der Waals surface area (Å²) in [7, 11) is 1.38. The monoisotopic (exact) mass is 290 g/mol. The van der Waals surface area contributed by atoms with E-state index in [-0.39, 0.29) is 6.42 Å². The molecule has 0 aliphatic rings. The minimum atomic E-state index is -1.17. The Morgan fingerprint density at radius 1 is 1.38 bits per heavy atom. The number of methoxy groups -OCH3 is 1. The van der Waals surface area contributed by atoms with Crippen molar-refractivity contribution in [2.75, 3.05) is 7.11 Å². The summed E-state index contributed by atoms with van der Waals surface area (Å²) >= 11 is 0. The molecule has 112 valence electrons. The number of aliphatic carboxylic acids is 1. The fourth-order valence-corrected chi connectivity index (χ4v) is 1.90. The van der Waals surface area contributed by atoms with Gasteiger partial charge in [-0.05, 0) is 18.9 Å². The molecule has 0 aliphatic carbocycles. The second kappa shape index (κ2) is 8.02. The maximum atomic E-state index is 12.2. The van der Waals surface area contributed by atoms with E-state index < -0.39 is 29.9 Å². The van der Waals surface area contributed by atoms with E-state index in [0.29, 0.717) is 5.56 Å². The summed E-state index contributed by atoms with van der Waals surface area (Å²) in [6, 6.07) is 9.62. The van der Waals surface area contributed by atoms with Gasteiger partial charge in [0.2, 0.25) is 0 Å². The molecule has 0 fully saturated rings. The highest BCUT2D eigenvalue weighted by Crippen LogP contribution is 2.17. The predicted molar refractivity (Wildman–Crippen MR) is 75.2 cm³/mol. The Bertz CT molecular complexity index is 524. The highest BCUT2D eigenvalue weighted by Gasteiger charge is 2.27. The number of benzene rings is 1.